The normalized spacial score (nSPS) is 14.3. The summed E-state index contributed by atoms with van der Waals surface area (Å²) in [4.78, 5) is 12.2. The second-order valence-corrected chi connectivity index (χ2v) is 11.4. The van der Waals surface area contributed by atoms with Crippen LogP contribution in [0.4, 0.5) is 0 Å². The minimum Gasteiger partial charge on any atom is -0.484 e. The van der Waals surface area contributed by atoms with Crippen molar-refractivity contribution < 1.29 is 9.53 Å². The van der Waals surface area contributed by atoms with E-state index < -0.39 is 0 Å². The SMILES string of the molecule is Cc1cc(/C=N\NC(=O)COc2ccc(C3SCCS3)cc2)c(C)n1-c1ccc(C(C)C)cc1. The van der Waals surface area contributed by atoms with Gasteiger partial charge < -0.3 is 9.30 Å². The van der Waals surface area contributed by atoms with E-state index in [0.29, 0.717) is 16.2 Å². The third-order valence-corrected chi connectivity index (χ3v) is 8.93. The van der Waals surface area contributed by atoms with Crippen LogP contribution < -0.4 is 10.2 Å². The van der Waals surface area contributed by atoms with Crippen molar-refractivity contribution in [3.05, 3.63) is 82.7 Å². The second-order valence-electron chi connectivity index (χ2n) is 8.63. The van der Waals surface area contributed by atoms with Gasteiger partial charge in [0.15, 0.2) is 6.61 Å². The average molecular weight is 494 g/mol. The molecule has 3 aromatic rings. The van der Waals surface area contributed by atoms with Crippen molar-refractivity contribution in [2.75, 3.05) is 18.1 Å². The van der Waals surface area contributed by atoms with E-state index in [9.17, 15) is 4.79 Å². The number of rotatable bonds is 8. The Morgan fingerprint density at radius 3 is 2.44 bits per heavy atom. The fraction of sp³-hybridized carbons (Fsp3) is 0.333. The van der Waals surface area contributed by atoms with Gasteiger partial charge in [0, 0.05) is 34.1 Å². The number of carbonyl (C=O) groups excluding carboxylic acids is 1. The first kappa shape index (κ1) is 24.5. The molecule has 0 saturated carbocycles. The van der Waals surface area contributed by atoms with Crippen LogP contribution in [0.1, 0.15) is 52.4 Å². The first-order valence-corrected chi connectivity index (χ1v) is 13.6. The topological polar surface area (TPSA) is 55.6 Å². The highest BCUT2D eigenvalue weighted by Crippen LogP contribution is 2.45. The summed E-state index contributed by atoms with van der Waals surface area (Å²) in [5.41, 5.74) is 9.44. The standard InChI is InChI=1S/C27H31N3O2S2/c1-18(2)21-5-9-24(10-6-21)30-19(3)15-23(20(30)4)16-28-29-26(31)17-32-25-11-7-22(8-12-25)27-33-13-14-34-27/h5-12,15-16,18,27H,13-14,17H2,1-4H3,(H,29,31)/b28-16-. The third-order valence-electron chi connectivity index (χ3n) is 5.83. The number of hydrazone groups is 1. The van der Waals surface area contributed by atoms with Gasteiger partial charge in [-0.25, -0.2) is 5.43 Å². The molecule has 0 bridgehead atoms. The van der Waals surface area contributed by atoms with Crippen molar-refractivity contribution in [3.8, 4) is 11.4 Å². The zero-order valence-corrected chi connectivity index (χ0v) is 21.7. The highest BCUT2D eigenvalue weighted by atomic mass is 32.2. The zero-order valence-electron chi connectivity index (χ0n) is 20.1. The summed E-state index contributed by atoms with van der Waals surface area (Å²) in [5.74, 6) is 3.29. The van der Waals surface area contributed by atoms with E-state index in [4.69, 9.17) is 4.74 Å². The number of benzene rings is 2. The van der Waals surface area contributed by atoms with Crippen molar-refractivity contribution in [1.29, 1.82) is 0 Å². The molecule has 34 heavy (non-hydrogen) atoms. The number of amides is 1. The molecule has 0 atom stereocenters. The molecule has 1 aliphatic rings. The van der Waals surface area contributed by atoms with Crippen LogP contribution in [0.15, 0.2) is 59.7 Å². The Labute approximate surface area is 210 Å². The number of aryl methyl sites for hydroxylation is 1. The quantitative estimate of drug-likeness (QED) is 0.299. The van der Waals surface area contributed by atoms with Crippen LogP contribution in [0.25, 0.3) is 5.69 Å². The number of aromatic nitrogens is 1. The highest BCUT2D eigenvalue weighted by Gasteiger charge is 2.18. The summed E-state index contributed by atoms with van der Waals surface area (Å²) in [6.45, 7) is 8.44. The van der Waals surface area contributed by atoms with Crippen LogP contribution in [0.3, 0.4) is 0 Å². The van der Waals surface area contributed by atoms with Crippen molar-refractivity contribution in [3.63, 3.8) is 0 Å². The maximum Gasteiger partial charge on any atom is 0.277 e. The predicted molar refractivity (Wildman–Crippen MR) is 145 cm³/mol. The zero-order chi connectivity index (χ0) is 24.1. The van der Waals surface area contributed by atoms with Crippen molar-refractivity contribution in [1.82, 2.24) is 9.99 Å². The minimum absolute atomic E-state index is 0.0785. The smallest absolute Gasteiger partial charge is 0.277 e. The first-order valence-electron chi connectivity index (χ1n) is 11.5. The number of thioether (sulfide) groups is 2. The lowest BCUT2D eigenvalue weighted by atomic mass is 10.0. The van der Waals surface area contributed by atoms with Crippen molar-refractivity contribution >= 4 is 35.6 Å². The summed E-state index contributed by atoms with van der Waals surface area (Å²) in [6.07, 6.45) is 1.69. The lowest BCUT2D eigenvalue weighted by molar-refractivity contribution is -0.123. The molecule has 1 N–H and O–H groups in total. The fourth-order valence-electron chi connectivity index (χ4n) is 3.95. The van der Waals surface area contributed by atoms with Gasteiger partial charge in [0.1, 0.15) is 5.75 Å². The summed E-state index contributed by atoms with van der Waals surface area (Å²) in [5, 5.41) is 4.14. The van der Waals surface area contributed by atoms with Crippen LogP contribution in [0.5, 0.6) is 5.75 Å². The van der Waals surface area contributed by atoms with Crippen LogP contribution >= 0.6 is 23.5 Å². The maximum absolute atomic E-state index is 12.2. The number of hydrogen-bond donors (Lipinski definition) is 1. The molecule has 1 aromatic heterocycles. The van der Waals surface area contributed by atoms with E-state index in [0.717, 1.165) is 22.6 Å². The second kappa shape index (κ2) is 11.2. The number of carbonyl (C=O) groups is 1. The Bertz CT molecular complexity index is 1150. The van der Waals surface area contributed by atoms with E-state index in [1.54, 1.807) is 6.21 Å². The summed E-state index contributed by atoms with van der Waals surface area (Å²) in [6, 6.07) is 18.7. The molecule has 1 fully saturated rings. The minimum atomic E-state index is -0.291. The van der Waals surface area contributed by atoms with Crippen LogP contribution in [-0.2, 0) is 4.79 Å². The molecule has 0 radical (unpaired) electrons. The van der Waals surface area contributed by atoms with Gasteiger partial charge in [0.25, 0.3) is 5.91 Å². The monoisotopic (exact) mass is 493 g/mol. The molecule has 0 aliphatic carbocycles. The summed E-state index contributed by atoms with van der Waals surface area (Å²) >= 11 is 3.94. The molecule has 1 aliphatic heterocycles. The number of nitrogens with zero attached hydrogens (tertiary/aromatic N) is 2. The Kier molecular flexibility index (Phi) is 8.06. The van der Waals surface area contributed by atoms with Crippen LogP contribution in [0.2, 0.25) is 0 Å². The van der Waals surface area contributed by atoms with Gasteiger partial charge in [-0.3, -0.25) is 4.79 Å². The molecule has 1 amide bonds. The third kappa shape index (κ3) is 5.88. The first-order chi connectivity index (χ1) is 16.4. The molecule has 178 valence electrons. The summed E-state index contributed by atoms with van der Waals surface area (Å²) in [7, 11) is 0. The Morgan fingerprint density at radius 2 is 1.79 bits per heavy atom. The van der Waals surface area contributed by atoms with Gasteiger partial charge in [-0.1, -0.05) is 38.1 Å². The molecule has 5 nitrogen and oxygen atoms in total. The molecule has 2 heterocycles. The number of ether oxygens (including phenoxy) is 1. The van der Waals surface area contributed by atoms with E-state index in [1.165, 1.54) is 22.6 Å². The van der Waals surface area contributed by atoms with Gasteiger partial charge in [-0.2, -0.15) is 5.10 Å². The Morgan fingerprint density at radius 1 is 1.12 bits per heavy atom. The van der Waals surface area contributed by atoms with E-state index in [2.05, 4.69) is 85.3 Å². The Balaban J connectivity index is 1.31. The lowest BCUT2D eigenvalue weighted by Gasteiger charge is -2.12. The van der Waals surface area contributed by atoms with Gasteiger partial charge in [0.05, 0.1) is 10.8 Å². The molecule has 1 saturated heterocycles. The van der Waals surface area contributed by atoms with Crippen LogP contribution in [0, 0.1) is 13.8 Å². The van der Waals surface area contributed by atoms with Gasteiger partial charge in [0.2, 0.25) is 0 Å². The predicted octanol–water partition coefficient (Wildman–Crippen LogP) is 6.23. The molecular weight excluding hydrogens is 462 g/mol. The maximum atomic E-state index is 12.2. The van der Waals surface area contributed by atoms with Crippen LogP contribution in [-0.4, -0.2) is 34.8 Å². The molecule has 4 rings (SSSR count). The molecule has 0 unspecified atom stereocenters. The van der Waals surface area contributed by atoms with E-state index >= 15 is 0 Å². The number of nitrogens with one attached hydrogen (secondary N) is 1. The van der Waals surface area contributed by atoms with Gasteiger partial charge in [-0.15, -0.1) is 23.5 Å². The molecule has 0 spiro atoms. The largest absolute Gasteiger partial charge is 0.484 e. The van der Waals surface area contributed by atoms with Gasteiger partial charge in [-0.05, 0) is 61.2 Å². The lowest BCUT2D eigenvalue weighted by Crippen LogP contribution is -2.24. The van der Waals surface area contributed by atoms with E-state index in [-0.39, 0.29) is 12.5 Å². The van der Waals surface area contributed by atoms with Gasteiger partial charge >= 0.3 is 0 Å². The Hall–Kier alpha value is -2.64. The fourth-order valence-corrected chi connectivity index (χ4v) is 6.81. The average Bonchev–Trinajstić information content (AvgIpc) is 3.46. The molecular formula is C27H31N3O2S2. The molecule has 2 aromatic carbocycles. The summed E-state index contributed by atoms with van der Waals surface area (Å²) < 4.78 is 8.32. The highest BCUT2D eigenvalue weighted by molar-refractivity contribution is 8.19. The van der Waals surface area contributed by atoms with Crippen molar-refractivity contribution in [2.45, 2.75) is 38.2 Å². The van der Waals surface area contributed by atoms with E-state index in [1.807, 2.05) is 35.7 Å². The molecule has 7 heteroatoms. The van der Waals surface area contributed by atoms with Crippen molar-refractivity contribution in [2.24, 2.45) is 5.10 Å². The number of hydrogen-bond acceptors (Lipinski definition) is 5.